The highest BCUT2D eigenvalue weighted by atomic mass is 16.3. The lowest BCUT2D eigenvalue weighted by Gasteiger charge is -2.26. The van der Waals surface area contributed by atoms with Crippen LogP contribution in [-0.4, -0.2) is 4.98 Å². The first-order valence-corrected chi connectivity index (χ1v) is 15.4. The van der Waals surface area contributed by atoms with Crippen molar-refractivity contribution in [2.45, 2.75) is 0 Å². The number of furan rings is 1. The summed E-state index contributed by atoms with van der Waals surface area (Å²) >= 11 is 0. The van der Waals surface area contributed by atoms with Crippen molar-refractivity contribution in [2.24, 2.45) is 0 Å². The molecular formula is C43H26N2O2. The number of hydrogen-bond donors (Lipinski definition) is 0. The summed E-state index contributed by atoms with van der Waals surface area (Å²) in [5, 5.41) is 8.11. The average Bonchev–Trinajstić information content (AvgIpc) is 3.79. The van der Waals surface area contributed by atoms with E-state index in [0.717, 1.165) is 54.2 Å². The molecule has 4 heteroatoms. The molecule has 0 spiro atoms. The van der Waals surface area contributed by atoms with E-state index in [0.29, 0.717) is 34.0 Å². The Kier molecular flexibility index (Phi) is 4.57. The fraction of sp³-hybridized carbons (Fsp3) is 0. The second kappa shape index (κ2) is 10.1. The molecule has 0 fully saturated rings. The minimum Gasteiger partial charge on any atom is -0.456 e. The normalized spacial score (nSPS) is 13.3. The Labute approximate surface area is 276 Å². The predicted octanol–water partition coefficient (Wildman–Crippen LogP) is 12.3. The van der Waals surface area contributed by atoms with Gasteiger partial charge >= 0.3 is 0 Å². The molecule has 2 aromatic heterocycles. The van der Waals surface area contributed by atoms with Crippen molar-refractivity contribution in [3.05, 3.63) is 158 Å². The van der Waals surface area contributed by atoms with Crippen molar-refractivity contribution in [3.8, 4) is 11.5 Å². The van der Waals surface area contributed by atoms with Gasteiger partial charge in [0, 0.05) is 39.5 Å². The summed E-state index contributed by atoms with van der Waals surface area (Å²) < 4.78 is 56.0. The highest BCUT2D eigenvalue weighted by Crippen LogP contribution is 2.42. The summed E-state index contributed by atoms with van der Waals surface area (Å²) in [4.78, 5) is 6.47. The Balaban J connectivity index is 1.22. The van der Waals surface area contributed by atoms with Crippen LogP contribution in [0.2, 0.25) is 0 Å². The molecule has 0 N–H and O–H groups in total. The molecule has 4 nitrogen and oxygen atoms in total. The molecule has 0 aliphatic rings. The molecule has 10 aromatic rings. The van der Waals surface area contributed by atoms with Gasteiger partial charge in [0.1, 0.15) is 16.7 Å². The largest absolute Gasteiger partial charge is 0.456 e. The van der Waals surface area contributed by atoms with E-state index < -0.39 is 18.1 Å². The average molecular weight is 608 g/mol. The molecule has 10 rings (SSSR count). The number of rotatable bonds is 4. The molecule has 0 aliphatic heterocycles. The van der Waals surface area contributed by atoms with Crippen LogP contribution in [0, 0.1) is 0 Å². The van der Waals surface area contributed by atoms with Gasteiger partial charge in [-0.15, -0.1) is 0 Å². The van der Waals surface area contributed by atoms with Crippen LogP contribution in [0.3, 0.4) is 0 Å². The zero-order valence-corrected chi connectivity index (χ0v) is 24.8. The summed E-state index contributed by atoms with van der Waals surface area (Å²) in [6, 6.07) is 39.9. The van der Waals surface area contributed by atoms with Gasteiger partial charge in [0.05, 0.1) is 6.85 Å². The molecule has 0 bridgehead atoms. The maximum absolute atomic E-state index is 9.01. The first-order chi connectivity index (χ1) is 25.4. The predicted molar refractivity (Wildman–Crippen MR) is 194 cm³/mol. The lowest BCUT2D eigenvalue weighted by Crippen LogP contribution is -2.09. The maximum Gasteiger partial charge on any atom is 0.228 e. The highest BCUT2D eigenvalue weighted by Gasteiger charge is 2.20. The molecule has 0 saturated carbocycles. The fourth-order valence-corrected chi connectivity index (χ4v) is 6.83. The number of aromatic nitrogens is 1. The number of anilines is 3. The standard InChI is InChI=1S/C43H26N2O2/c1-2-10-29(11-3-1)45(30-20-17-28-19-22-33-32-12-5-4-9-27(32)18-23-34(33)37(28)25-30)31-21-24-35-41(26-31)46-40-16-8-13-36(42(35)40)43-44-38-14-6-7-15-39(38)47-43/h1-26H/i1D,2D,3D,10D,11D. The third-order valence-corrected chi connectivity index (χ3v) is 8.96. The van der Waals surface area contributed by atoms with Crippen LogP contribution < -0.4 is 4.90 Å². The van der Waals surface area contributed by atoms with Crippen LogP contribution in [0.1, 0.15) is 6.85 Å². The molecule has 8 aromatic carbocycles. The monoisotopic (exact) mass is 607 g/mol. The Morgan fingerprint density at radius 3 is 2.09 bits per heavy atom. The number of para-hydroxylation sites is 3. The number of oxazole rings is 1. The van der Waals surface area contributed by atoms with E-state index in [-0.39, 0.29) is 17.8 Å². The zero-order chi connectivity index (χ0) is 35.2. The van der Waals surface area contributed by atoms with Crippen molar-refractivity contribution in [1.29, 1.82) is 0 Å². The van der Waals surface area contributed by atoms with Gasteiger partial charge in [-0.2, -0.15) is 0 Å². The van der Waals surface area contributed by atoms with Crippen LogP contribution in [0.25, 0.3) is 76.8 Å². The molecule has 2 heterocycles. The van der Waals surface area contributed by atoms with Gasteiger partial charge in [0.15, 0.2) is 5.58 Å². The summed E-state index contributed by atoms with van der Waals surface area (Å²) in [5.41, 5.74) is 4.69. The summed E-state index contributed by atoms with van der Waals surface area (Å²) in [5.74, 6) is 0.482. The first kappa shape index (κ1) is 21.4. The fourth-order valence-electron chi connectivity index (χ4n) is 6.83. The number of hydrogen-bond acceptors (Lipinski definition) is 4. The summed E-state index contributed by atoms with van der Waals surface area (Å²) in [6.07, 6.45) is 0. The van der Waals surface area contributed by atoms with Gasteiger partial charge in [0.25, 0.3) is 0 Å². The Bertz CT molecular complexity index is 3050. The summed E-state index contributed by atoms with van der Waals surface area (Å²) in [7, 11) is 0. The van der Waals surface area contributed by atoms with Crippen molar-refractivity contribution < 1.29 is 15.7 Å². The van der Waals surface area contributed by atoms with E-state index in [1.54, 1.807) is 4.90 Å². The number of nitrogens with zero attached hydrogens (tertiary/aromatic N) is 2. The van der Waals surface area contributed by atoms with Crippen LogP contribution in [0.4, 0.5) is 17.1 Å². The molecule has 0 unspecified atom stereocenters. The van der Waals surface area contributed by atoms with Crippen LogP contribution in [-0.2, 0) is 0 Å². The molecule has 0 aliphatic carbocycles. The van der Waals surface area contributed by atoms with Crippen LogP contribution >= 0.6 is 0 Å². The molecule has 220 valence electrons. The third-order valence-electron chi connectivity index (χ3n) is 8.96. The van der Waals surface area contributed by atoms with Crippen LogP contribution in [0.5, 0.6) is 0 Å². The van der Waals surface area contributed by atoms with Crippen molar-refractivity contribution in [2.75, 3.05) is 4.90 Å². The maximum atomic E-state index is 9.01. The second-order valence-corrected chi connectivity index (χ2v) is 11.6. The van der Waals surface area contributed by atoms with Crippen molar-refractivity contribution in [3.63, 3.8) is 0 Å². The number of benzene rings is 8. The summed E-state index contributed by atoms with van der Waals surface area (Å²) in [6.45, 7) is 0. The molecule has 0 saturated heterocycles. The van der Waals surface area contributed by atoms with E-state index >= 15 is 0 Å². The van der Waals surface area contributed by atoms with E-state index in [9.17, 15) is 0 Å². The molecule has 47 heavy (non-hydrogen) atoms. The zero-order valence-electron chi connectivity index (χ0n) is 29.8. The van der Waals surface area contributed by atoms with Crippen molar-refractivity contribution >= 4 is 82.4 Å². The molecule has 0 radical (unpaired) electrons. The van der Waals surface area contributed by atoms with Gasteiger partial charge in [-0.05, 0) is 92.9 Å². The Morgan fingerprint density at radius 1 is 0.489 bits per heavy atom. The Hall–Kier alpha value is -6.39. The minimum atomic E-state index is -0.449. The second-order valence-electron chi connectivity index (χ2n) is 11.6. The molecular weight excluding hydrogens is 576 g/mol. The molecule has 0 atom stereocenters. The van der Waals surface area contributed by atoms with Gasteiger partial charge < -0.3 is 13.7 Å². The SMILES string of the molecule is [2H]c1c([2H])c([2H])c(N(c2ccc3c(c2)oc2cccc(-c4nc5ccccc5o4)c23)c2ccc3ccc4c5ccccc5ccc4c3c2)c([2H])c1[2H]. The van der Waals surface area contributed by atoms with Crippen molar-refractivity contribution in [1.82, 2.24) is 4.98 Å². The third kappa shape index (κ3) is 4.05. The molecule has 0 amide bonds. The highest BCUT2D eigenvalue weighted by molar-refractivity contribution is 6.18. The van der Waals surface area contributed by atoms with E-state index in [1.165, 1.54) is 0 Å². The van der Waals surface area contributed by atoms with Gasteiger partial charge in [0.2, 0.25) is 5.89 Å². The van der Waals surface area contributed by atoms with E-state index in [2.05, 4.69) is 36.4 Å². The smallest absolute Gasteiger partial charge is 0.228 e. The Morgan fingerprint density at radius 2 is 1.19 bits per heavy atom. The quantitative estimate of drug-likeness (QED) is 0.187. The topological polar surface area (TPSA) is 42.4 Å². The van der Waals surface area contributed by atoms with Gasteiger partial charge in [-0.1, -0.05) is 90.9 Å². The van der Waals surface area contributed by atoms with E-state index in [4.69, 9.17) is 20.7 Å². The minimum absolute atomic E-state index is 0.0404. The lowest BCUT2D eigenvalue weighted by atomic mass is 9.96. The van der Waals surface area contributed by atoms with E-state index in [1.807, 2.05) is 91.0 Å². The lowest BCUT2D eigenvalue weighted by molar-refractivity contribution is 0.620. The number of fused-ring (bicyclic) bond motifs is 9. The first-order valence-electron chi connectivity index (χ1n) is 17.9. The van der Waals surface area contributed by atoms with Crippen LogP contribution in [0.15, 0.2) is 166 Å². The van der Waals surface area contributed by atoms with Gasteiger partial charge in [-0.25, -0.2) is 4.98 Å². The van der Waals surface area contributed by atoms with Gasteiger partial charge in [-0.3, -0.25) is 0 Å².